The first-order valence-electron chi connectivity index (χ1n) is 5.99. The van der Waals surface area contributed by atoms with Crippen LogP contribution >= 0.6 is 0 Å². The summed E-state index contributed by atoms with van der Waals surface area (Å²) in [6, 6.07) is 1.92. The maximum absolute atomic E-state index is 11.5. The van der Waals surface area contributed by atoms with Crippen molar-refractivity contribution in [2.75, 3.05) is 39.8 Å². The number of aromatic nitrogens is 1. The fourth-order valence-electron chi connectivity index (χ4n) is 2.20. The van der Waals surface area contributed by atoms with E-state index in [4.69, 9.17) is 5.73 Å². The molecule has 0 aliphatic carbocycles. The lowest BCUT2D eigenvalue weighted by Crippen LogP contribution is -2.47. The van der Waals surface area contributed by atoms with E-state index in [9.17, 15) is 4.79 Å². The molecule has 1 fully saturated rings. The van der Waals surface area contributed by atoms with Gasteiger partial charge in [0.25, 0.3) is 0 Å². The number of aromatic amines is 1. The van der Waals surface area contributed by atoms with Gasteiger partial charge in [0.2, 0.25) is 5.91 Å². The molecule has 0 spiro atoms. The molecule has 1 unspecified atom stereocenters. The lowest BCUT2D eigenvalue weighted by atomic mass is 10.0. The monoisotopic (exact) mass is 236 g/mol. The van der Waals surface area contributed by atoms with Gasteiger partial charge in [-0.1, -0.05) is 0 Å². The van der Waals surface area contributed by atoms with Crippen LogP contribution in [-0.4, -0.2) is 60.5 Å². The molecule has 1 atom stereocenters. The Morgan fingerprint density at radius 2 is 2.18 bits per heavy atom. The minimum atomic E-state index is -0.247. The average Bonchev–Trinajstić information content (AvgIpc) is 2.81. The van der Waals surface area contributed by atoms with Gasteiger partial charge in [0.05, 0.1) is 5.92 Å². The Kier molecular flexibility index (Phi) is 3.81. The smallest absolute Gasteiger partial charge is 0.226 e. The Labute approximate surface area is 102 Å². The highest BCUT2D eigenvalue weighted by atomic mass is 16.1. The Bertz CT molecular complexity index is 355. The summed E-state index contributed by atoms with van der Waals surface area (Å²) in [7, 11) is 2.12. The van der Waals surface area contributed by atoms with Crippen molar-refractivity contribution >= 4 is 5.91 Å². The second-order valence-corrected chi connectivity index (χ2v) is 4.70. The van der Waals surface area contributed by atoms with Crippen molar-refractivity contribution in [1.29, 1.82) is 0 Å². The summed E-state index contributed by atoms with van der Waals surface area (Å²) in [6.07, 6.45) is 3.68. The highest BCUT2D eigenvalue weighted by Gasteiger charge is 2.23. The lowest BCUT2D eigenvalue weighted by Gasteiger charge is -2.33. The van der Waals surface area contributed by atoms with Crippen LogP contribution in [0.5, 0.6) is 0 Å². The van der Waals surface area contributed by atoms with E-state index in [1.54, 1.807) is 0 Å². The van der Waals surface area contributed by atoms with Gasteiger partial charge < -0.3 is 15.6 Å². The van der Waals surface area contributed by atoms with Crippen LogP contribution in [0.1, 0.15) is 11.5 Å². The third-order valence-electron chi connectivity index (χ3n) is 3.40. The summed E-state index contributed by atoms with van der Waals surface area (Å²) in [6.45, 7) is 4.84. The average molecular weight is 236 g/mol. The van der Waals surface area contributed by atoms with Gasteiger partial charge in [-0.2, -0.15) is 0 Å². The molecule has 0 radical (unpaired) electrons. The fraction of sp³-hybridized carbons (Fsp3) is 0.583. The third-order valence-corrected chi connectivity index (χ3v) is 3.40. The highest BCUT2D eigenvalue weighted by molar-refractivity contribution is 5.82. The minimum Gasteiger partial charge on any atom is -0.369 e. The number of H-pyrrole nitrogens is 1. The fourth-order valence-corrected chi connectivity index (χ4v) is 2.20. The molecule has 3 N–H and O–H groups in total. The topological polar surface area (TPSA) is 65.4 Å². The molecule has 1 aromatic heterocycles. The van der Waals surface area contributed by atoms with Gasteiger partial charge in [0.15, 0.2) is 0 Å². The molecule has 94 valence electrons. The first-order valence-corrected chi connectivity index (χ1v) is 5.99. The largest absolute Gasteiger partial charge is 0.369 e. The van der Waals surface area contributed by atoms with E-state index in [-0.39, 0.29) is 11.8 Å². The number of nitrogens with zero attached hydrogens (tertiary/aromatic N) is 2. The summed E-state index contributed by atoms with van der Waals surface area (Å²) in [5.74, 6) is -0.451. The van der Waals surface area contributed by atoms with Crippen molar-refractivity contribution < 1.29 is 4.79 Å². The zero-order valence-electron chi connectivity index (χ0n) is 10.2. The number of amides is 1. The molecule has 1 aliphatic rings. The number of nitrogens with one attached hydrogen (secondary N) is 1. The molecule has 5 nitrogen and oxygen atoms in total. The van der Waals surface area contributed by atoms with Crippen molar-refractivity contribution in [2.24, 2.45) is 5.73 Å². The molecule has 2 heterocycles. The van der Waals surface area contributed by atoms with Gasteiger partial charge >= 0.3 is 0 Å². The molecular formula is C12H20N4O. The van der Waals surface area contributed by atoms with Crippen LogP contribution < -0.4 is 5.73 Å². The van der Waals surface area contributed by atoms with Gasteiger partial charge in [-0.25, -0.2) is 0 Å². The van der Waals surface area contributed by atoms with E-state index in [2.05, 4.69) is 21.8 Å². The van der Waals surface area contributed by atoms with Gasteiger partial charge in [0.1, 0.15) is 0 Å². The number of carbonyl (C=O) groups is 1. The van der Waals surface area contributed by atoms with E-state index in [1.165, 1.54) is 0 Å². The molecule has 0 aromatic carbocycles. The van der Waals surface area contributed by atoms with Crippen LogP contribution in [0, 0.1) is 0 Å². The number of likely N-dealkylation sites (N-methyl/N-ethyl adjacent to an activating group) is 1. The van der Waals surface area contributed by atoms with Crippen molar-refractivity contribution in [3.8, 4) is 0 Å². The van der Waals surface area contributed by atoms with E-state index >= 15 is 0 Å². The molecule has 0 bridgehead atoms. The first kappa shape index (κ1) is 12.1. The van der Waals surface area contributed by atoms with E-state index in [0.29, 0.717) is 0 Å². The van der Waals surface area contributed by atoms with Crippen LogP contribution in [0.25, 0.3) is 0 Å². The summed E-state index contributed by atoms with van der Waals surface area (Å²) in [5.41, 5.74) is 6.47. The molecule has 1 aliphatic heterocycles. The molecule has 0 saturated carbocycles. The predicted octanol–water partition coefficient (Wildman–Crippen LogP) is -0.169. The van der Waals surface area contributed by atoms with Crippen molar-refractivity contribution in [3.63, 3.8) is 0 Å². The van der Waals surface area contributed by atoms with Crippen LogP contribution in [0.2, 0.25) is 0 Å². The van der Waals surface area contributed by atoms with E-state index in [0.717, 1.165) is 38.3 Å². The van der Waals surface area contributed by atoms with Crippen molar-refractivity contribution in [1.82, 2.24) is 14.8 Å². The zero-order valence-corrected chi connectivity index (χ0v) is 10.2. The number of rotatable bonds is 4. The number of carbonyl (C=O) groups excluding carboxylic acids is 1. The van der Waals surface area contributed by atoms with Gasteiger partial charge in [-0.3, -0.25) is 9.69 Å². The quantitative estimate of drug-likeness (QED) is 0.763. The third kappa shape index (κ3) is 3.08. The summed E-state index contributed by atoms with van der Waals surface area (Å²) in [5, 5.41) is 0. The molecule has 1 amide bonds. The maximum atomic E-state index is 11.5. The van der Waals surface area contributed by atoms with Crippen molar-refractivity contribution in [3.05, 3.63) is 24.0 Å². The minimum absolute atomic E-state index is 0.204. The van der Waals surface area contributed by atoms with Gasteiger partial charge in [-0.05, 0) is 18.7 Å². The zero-order chi connectivity index (χ0) is 12.3. The van der Waals surface area contributed by atoms with Gasteiger partial charge in [0, 0.05) is 45.1 Å². The second-order valence-electron chi connectivity index (χ2n) is 4.70. The normalized spacial score (nSPS) is 20.3. The lowest BCUT2D eigenvalue weighted by molar-refractivity contribution is -0.120. The molecular weight excluding hydrogens is 216 g/mol. The Hall–Kier alpha value is -1.33. The summed E-state index contributed by atoms with van der Waals surface area (Å²) >= 11 is 0. The second kappa shape index (κ2) is 5.33. The number of primary amides is 1. The standard InChI is InChI=1S/C12H20N4O/c1-15-4-6-16(7-5-15)9-11(12(13)17)10-2-3-14-8-10/h2-3,8,11,14H,4-7,9H2,1H3,(H2,13,17). The molecule has 1 aromatic rings. The van der Waals surface area contributed by atoms with E-state index in [1.807, 2.05) is 18.5 Å². The number of nitrogens with two attached hydrogens (primary N) is 1. The number of hydrogen-bond acceptors (Lipinski definition) is 3. The molecule has 2 rings (SSSR count). The molecule has 17 heavy (non-hydrogen) atoms. The number of piperazine rings is 1. The van der Waals surface area contributed by atoms with Crippen LogP contribution in [0.15, 0.2) is 18.5 Å². The Morgan fingerprint density at radius 1 is 1.47 bits per heavy atom. The summed E-state index contributed by atoms with van der Waals surface area (Å²) < 4.78 is 0. The Balaban J connectivity index is 1.97. The first-order chi connectivity index (χ1) is 8.16. The van der Waals surface area contributed by atoms with Crippen molar-refractivity contribution in [2.45, 2.75) is 5.92 Å². The summed E-state index contributed by atoms with van der Waals surface area (Å²) in [4.78, 5) is 19.1. The SMILES string of the molecule is CN1CCN(CC(C(N)=O)c2cc[nH]c2)CC1. The molecule has 1 saturated heterocycles. The van der Waals surface area contributed by atoms with Crippen LogP contribution in [0.4, 0.5) is 0 Å². The van der Waals surface area contributed by atoms with Gasteiger partial charge in [-0.15, -0.1) is 0 Å². The van der Waals surface area contributed by atoms with Crippen LogP contribution in [0.3, 0.4) is 0 Å². The Morgan fingerprint density at radius 3 is 2.71 bits per heavy atom. The highest BCUT2D eigenvalue weighted by Crippen LogP contribution is 2.17. The van der Waals surface area contributed by atoms with Crippen LogP contribution in [-0.2, 0) is 4.79 Å². The van der Waals surface area contributed by atoms with E-state index < -0.39 is 0 Å². The maximum Gasteiger partial charge on any atom is 0.226 e. The predicted molar refractivity (Wildman–Crippen MR) is 66.7 cm³/mol. The molecule has 5 heteroatoms. The number of hydrogen-bond donors (Lipinski definition) is 2.